The van der Waals surface area contributed by atoms with Crippen molar-refractivity contribution in [2.45, 2.75) is 30.4 Å². The topological polar surface area (TPSA) is 58.2 Å². The van der Waals surface area contributed by atoms with Crippen LogP contribution in [0.3, 0.4) is 0 Å². The molecule has 0 radical (unpaired) electrons. The van der Waals surface area contributed by atoms with Gasteiger partial charge < -0.3 is 10.6 Å². The lowest BCUT2D eigenvalue weighted by molar-refractivity contribution is -0.115. The minimum absolute atomic E-state index is 0.0702. The zero-order chi connectivity index (χ0) is 21.5. The monoisotopic (exact) mass is 438 g/mol. The molecule has 0 aliphatic carbocycles. The fourth-order valence-corrected chi connectivity index (χ4v) is 4.06. The van der Waals surface area contributed by atoms with Crippen LogP contribution in [0, 0.1) is 6.92 Å². The summed E-state index contributed by atoms with van der Waals surface area (Å²) in [5.41, 5.74) is 2.97. The molecule has 0 aromatic heterocycles. The van der Waals surface area contributed by atoms with Gasteiger partial charge in [-0.05, 0) is 67.4 Å². The van der Waals surface area contributed by atoms with Gasteiger partial charge in [0.25, 0.3) is 5.91 Å². The van der Waals surface area contributed by atoms with Gasteiger partial charge in [0.05, 0.1) is 5.25 Å². The molecule has 0 saturated heterocycles. The Morgan fingerprint density at radius 1 is 0.933 bits per heavy atom. The summed E-state index contributed by atoms with van der Waals surface area (Å²) in [7, 11) is 0. The Morgan fingerprint density at radius 2 is 1.67 bits per heavy atom. The van der Waals surface area contributed by atoms with Crippen molar-refractivity contribution in [1.29, 1.82) is 0 Å². The third-order valence-corrected chi connectivity index (χ3v) is 6.14. The quantitative estimate of drug-likeness (QED) is 0.419. The molecule has 30 heavy (non-hydrogen) atoms. The average molecular weight is 439 g/mol. The van der Waals surface area contributed by atoms with Gasteiger partial charge in [-0.2, -0.15) is 0 Å². The molecule has 2 amide bonds. The van der Waals surface area contributed by atoms with Crippen LogP contribution in [0.1, 0.15) is 29.3 Å². The lowest BCUT2D eigenvalue weighted by Gasteiger charge is -2.15. The highest BCUT2D eigenvalue weighted by atomic mass is 35.5. The van der Waals surface area contributed by atoms with E-state index in [4.69, 9.17) is 11.6 Å². The number of carbonyl (C=O) groups is 2. The molecule has 154 valence electrons. The van der Waals surface area contributed by atoms with Gasteiger partial charge in [-0.25, -0.2) is 0 Å². The van der Waals surface area contributed by atoms with E-state index in [-0.39, 0.29) is 17.1 Å². The SMILES string of the molecule is CCC(Sc1cccc(NC(=O)c2ccccc2C)c1)C(=O)Nc1ccc(Cl)cc1. The van der Waals surface area contributed by atoms with Crippen LogP contribution in [0.5, 0.6) is 0 Å². The predicted molar refractivity (Wildman–Crippen MR) is 126 cm³/mol. The first kappa shape index (κ1) is 21.9. The van der Waals surface area contributed by atoms with E-state index in [0.717, 1.165) is 10.5 Å². The van der Waals surface area contributed by atoms with Gasteiger partial charge >= 0.3 is 0 Å². The first-order valence-corrected chi connectivity index (χ1v) is 10.9. The minimum atomic E-state index is -0.261. The van der Waals surface area contributed by atoms with E-state index in [1.54, 1.807) is 30.3 Å². The van der Waals surface area contributed by atoms with E-state index in [2.05, 4.69) is 10.6 Å². The van der Waals surface area contributed by atoms with E-state index in [1.807, 2.05) is 56.3 Å². The molecule has 0 saturated carbocycles. The Hall–Kier alpha value is -2.76. The maximum atomic E-state index is 12.7. The smallest absolute Gasteiger partial charge is 0.255 e. The fraction of sp³-hybridized carbons (Fsp3) is 0.167. The zero-order valence-corrected chi connectivity index (χ0v) is 18.4. The summed E-state index contributed by atoms with van der Waals surface area (Å²) >= 11 is 7.37. The third-order valence-electron chi connectivity index (χ3n) is 4.53. The molecule has 1 unspecified atom stereocenters. The highest BCUT2D eigenvalue weighted by Gasteiger charge is 2.18. The first-order chi connectivity index (χ1) is 14.5. The van der Waals surface area contributed by atoms with Crippen LogP contribution in [-0.2, 0) is 4.79 Å². The van der Waals surface area contributed by atoms with Gasteiger partial charge in [0, 0.05) is 26.9 Å². The second-order valence-corrected chi connectivity index (χ2v) is 8.52. The van der Waals surface area contributed by atoms with Crippen molar-refractivity contribution in [3.8, 4) is 0 Å². The predicted octanol–water partition coefficient (Wildman–Crippen LogP) is 6.41. The highest BCUT2D eigenvalue weighted by Crippen LogP contribution is 2.29. The Labute approximate surface area is 186 Å². The summed E-state index contributed by atoms with van der Waals surface area (Å²) < 4.78 is 0. The van der Waals surface area contributed by atoms with Crippen LogP contribution in [0.15, 0.2) is 77.7 Å². The Morgan fingerprint density at radius 3 is 2.37 bits per heavy atom. The summed E-state index contributed by atoms with van der Waals surface area (Å²) in [5, 5.41) is 6.23. The summed E-state index contributed by atoms with van der Waals surface area (Å²) in [6.07, 6.45) is 0.671. The number of benzene rings is 3. The standard InChI is InChI=1S/C24H23ClN2O2S/c1-3-22(24(29)26-18-13-11-17(25)12-14-18)30-20-9-6-8-19(15-20)27-23(28)21-10-5-4-7-16(21)2/h4-15,22H,3H2,1-2H3,(H,26,29)(H,27,28). The summed E-state index contributed by atoms with van der Waals surface area (Å²) in [5.74, 6) is -0.220. The van der Waals surface area contributed by atoms with Gasteiger partial charge in [-0.15, -0.1) is 11.8 Å². The molecule has 1 atom stereocenters. The second-order valence-electron chi connectivity index (χ2n) is 6.81. The molecule has 2 N–H and O–H groups in total. The molecular formula is C24H23ClN2O2S. The van der Waals surface area contributed by atoms with Crippen LogP contribution in [-0.4, -0.2) is 17.1 Å². The van der Waals surface area contributed by atoms with Gasteiger partial charge in [0.1, 0.15) is 0 Å². The van der Waals surface area contributed by atoms with Crippen LogP contribution >= 0.6 is 23.4 Å². The van der Waals surface area contributed by atoms with E-state index < -0.39 is 0 Å². The zero-order valence-electron chi connectivity index (χ0n) is 16.8. The number of thioether (sulfide) groups is 1. The molecule has 0 aliphatic rings. The number of rotatable bonds is 7. The first-order valence-electron chi connectivity index (χ1n) is 9.66. The summed E-state index contributed by atoms with van der Waals surface area (Å²) in [4.78, 5) is 26.2. The van der Waals surface area contributed by atoms with Gasteiger partial charge in [-0.3, -0.25) is 9.59 Å². The normalized spacial score (nSPS) is 11.6. The van der Waals surface area contributed by atoms with Crippen LogP contribution in [0.25, 0.3) is 0 Å². The molecule has 0 bridgehead atoms. The van der Waals surface area contributed by atoms with Crippen molar-refractivity contribution in [2.75, 3.05) is 10.6 Å². The number of nitrogens with one attached hydrogen (secondary N) is 2. The molecule has 0 fully saturated rings. The van der Waals surface area contributed by atoms with Crippen molar-refractivity contribution in [3.63, 3.8) is 0 Å². The van der Waals surface area contributed by atoms with E-state index in [0.29, 0.717) is 28.4 Å². The number of halogens is 1. The molecule has 3 rings (SSSR count). The van der Waals surface area contributed by atoms with E-state index in [1.165, 1.54) is 11.8 Å². The number of amides is 2. The third kappa shape index (κ3) is 5.88. The summed E-state index contributed by atoms with van der Waals surface area (Å²) in [6.45, 7) is 3.88. The van der Waals surface area contributed by atoms with Crippen molar-refractivity contribution in [1.82, 2.24) is 0 Å². The van der Waals surface area contributed by atoms with Gasteiger partial charge in [0.2, 0.25) is 5.91 Å². The second kappa shape index (κ2) is 10.3. The molecule has 6 heteroatoms. The van der Waals surface area contributed by atoms with E-state index in [9.17, 15) is 9.59 Å². The van der Waals surface area contributed by atoms with Gasteiger partial charge in [-0.1, -0.05) is 42.8 Å². The molecule has 0 heterocycles. The maximum absolute atomic E-state index is 12.7. The van der Waals surface area contributed by atoms with Crippen LogP contribution < -0.4 is 10.6 Å². The fourth-order valence-electron chi connectivity index (χ4n) is 2.92. The van der Waals surface area contributed by atoms with Crippen molar-refractivity contribution in [3.05, 3.63) is 88.9 Å². The molecule has 4 nitrogen and oxygen atoms in total. The molecule has 3 aromatic rings. The Bertz CT molecular complexity index is 1040. The summed E-state index contributed by atoms with van der Waals surface area (Å²) in [6, 6.07) is 22.0. The van der Waals surface area contributed by atoms with Crippen LogP contribution in [0.4, 0.5) is 11.4 Å². The van der Waals surface area contributed by atoms with Crippen molar-refractivity contribution in [2.24, 2.45) is 0 Å². The van der Waals surface area contributed by atoms with Crippen LogP contribution in [0.2, 0.25) is 5.02 Å². The lowest BCUT2D eigenvalue weighted by atomic mass is 10.1. The molecule has 3 aromatic carbocycles. The minimum Gasteiger partial charge on any atom is -0.325 e. The number of hydrogen-bond acceptors (Lipinski definition) is 3. The van der Waals surface area contributed by atoms with Crippen molar-refractivity contribution < 1.29 is 9.59 Å². The number of aryl methyl sites for hydroxylation is 1. The Kier molecular flexibility index (Phi) is 7.55. The lowest BCUT2D eigenvalue weighted by Crippen LogP contribution is -2.24. The van der Waals surface area contributed by atoms with Gasteiger partial charge in [0.15, 0.2) is 0 Å². The maximum Gasteiger partial charge on any atom is 0.255 e. The average Bonchev–Trinajstić information content (AvgIpc) is 2.74. The Balaban J connectivity index is 1.67. The number of anilines is 2. The van der Waals surface area contributed by atoms with E-state index >= 15 is 0 Å². The largest absolute Gasteiger partial charge is 0.325 e. The number of hydrogen-bond donors (Lipinski definition) is 2. The van der Waals surface area contributed by atoms with Crippen molar-refractivity contribution >= 4 is 46.6 Å². The molecule has 0 spiro atoms. The highest BCUT2D eigenvalue weighted by molar-refractivity contribution is 8.00. The molecule has 0 aliphatic heterocycles. The number of carbonyl (C=O) groups excluding carboxylic acids is 2. The molecular weight excluding hydrogens is 416 g/mol.